The van der Waals surface area contributed by atoms with Crippen molar-refractivity contribution in [3.63, 3.8) is 0 Å². The van der Waals surface area contributed by atoms with Crippen molar-refractivity contribution in [1.29, 1.82) is 0 Å². The van der Waals surface area contributed by atoms with Crippen molar-refractivity contribution in [3.8, 4) is 0 Å². The Morgan fingerprint density at radius 3 is 2.82 bits per heavy atom. The second-order valence-electron chi connectivity index (χ2n) is 7.30. The van der Waals surface area contributed by atoms with Gasteiger partial charge in [0.2, 0.25) is 0 Å². The number of rotatable bonds is 10. The van der Waals surface area contributed by atoms with Crippen molar-refractivity contribution in [2.24, 2.45) is 11.8 Å². The highest BCUT2D eigenvalue weighted by atomic mass is 16.3. The van der Waals surface area contributed by atoms with Crippen LogP contribution in [-0.2, 0) is 17.6 Å². The number of aliphatic hydroxyl groups excluding tert-OH is 1. The van der Waals surface area contributed by atoms with Gasteiger partial charge in [-0.15, -0.1) is 10.2 Å². The van der Waals surface area contributed by atoms with Gasteiger partial charge in [0.1, 0.15) is 5.78 Å². The molecule has 1 fully saturated rings. The fraction of sp³-hybridized carbons (Fsp3) is 0.455. The van der Waals surface area contributed by atoms with Crippen molar-refractivity contribution in [2.75, 3.05) is 0 Å². The molecule has 1 aromatic heterocycles. The first-order valence-corrected chi connectivity index (χ1v) is 10.1. The Labute approximate surface area is 165 Å². The fourth-order valence-corrected chi connectivity index (χ4v) is 3.77. The van der Waals surface area contributed by atoms with E-state index >= 15 is 0 Å². The first-order valence-electron chi connectivity index (χ1n) is 10.1. The smallest absolute Gasteiger partial charge is 0.174 e. The summed E-state index contributed by atoms with van der Waals surface area (Å²) in [6.45, 7) is 0. The molecule has 1 aliphatic carbocycles. The Morgan fingerprint density at radius 2 is 2.04 bits per heavy atom. The van der Waals surface area contributed by atoms with Crippen LogP contribution in [0, 0.1) is 11.8 Å². The highest BCUT2D eigenvalue weighted by Crippen LogP contribution is 2.36. The van der Waals surface area contributed by atoms with Crippen molar-refractivity contribution >= 4 is 5.78 Å². The van der Waals surface area contributed by atoms with E-state index in [-0.39, 0.29) is 17.6 Å². The molecule has 1 aliphatic rings. The summed E-state index contributed by atoms with van der Waals surface area (Å²) in [7, 11) is 0. The largest absolute Gasteiger partial charge is 0.512 e. The van der Waals surface area contributed by atoms with Gasteiger partial charge in [-0.05, 0) is 50.2 Å². The number of hydrogen-bond acceptors (Lipinski definition) is 5. The third-order valence-corrected chi connectivity index (χ3v) is 5.33. The molecular weight excluding hydrogens is 352 g/mol. The minimum absolute atomic E-state index is 0.0350. The first kappa shape index (κ1) is 20.0. The van der Waals surface area contributed by atoms with Gasteiger partial charge in [-0.3, -0.25) is 4.79 Å². The average Bonchev–Trinajstić information content (AvgIpc) is 3.35. The predicted octanol–water partition coefficient (Wildman–Crippen LogP) is 4.14. The first-order chi connectivity index (χ1) is 13.7. The summed E-state index contributed by atoms with van der Waals surface area (Å²) >= 11 is 0. The van der Waals surface area contributed by atoms with Crippen LogP contribution in [0.4, 0.5) is 0 Å². The van der Waals surface area contributed by atoms with Crippen LogP contribution < -0.4 is 0 Å². The van der Waals surface area contributed by atoms with Gasteiger partial charge < -0.3 is 5.11 Å². The Balaban J connectivity index is 1.43. The van der Waals surface area contributed by atoms with Crippen LogP contribution in [0.1, 0.15) is 49.9 Å². The Kier molecular flexibility index (Phi) is 7.53. The van der Waals surface area contributed by atoms with Crippen molar-refractivity contribution in [1.82, 2.24) is 20.6 Å². The number of aromatic amines is 1. The Bertz CT molecular complexity index is 784. The van der Waals surface area contributed by atoms with Gasteiger partial charge in [-0.25, -0.2) is 0 Å². The van der Waals surface area contributed by atoms with Gasteiger partial charge in [-0.1, -0.05) is 47.7 Å². The number of tetrazole rings is 1. The standard InChI is InChI=1S/C22H28N4O2/c27-20(13-8-11-17-9-4-3-5-10-17)19-15-16-21(28)18(19)12-6-1-2-7-14-22-23-25-26-24-22/h1,3-6,9-10,13,18-19,27H,2,7-8,11-12,14-16H2,(H,23,24,25,26)/b6-1-,20-13?/t18-,19-/m1/s1. The van der Waals surface area contributed by atoms with Crippen molar-refractivity contribution in [2.45, 2.75) is 51.4 Å². The Morgan fingerprint density at radius 1 is 1.18 bits per heavy atom. The quantitative estimate of drug-likeness (QED) is 0.367. The van der Waals surface area contributed by atoms with E-state index in [2.05, 4.69) is 44.9 Å². The van der Waals surface area contributed by atoms with Gasteiger partial charge in [0, 0.05) is 24.7 Å². The maximum absolute atomic E-state index is 12.3. The molecule has 3 rings (SSSR count). The second-order valence-corrected chi connectivity index (χ2v) is 7.30. The molecule has 0 saturated heterocycles. The molecule has 148 valence electrons. The molecule has 2 aromatic rings. The lowest BCUT2D eigenvalue weighted by atomic mass is 9.89. The predicted molar refractivity (Wildman–Crippen MR) is 108 cm³/mol. The monoisotopic (exact) mass is 380 g/mol. The van der Waals surface area contributed by atoms with Crippen molar-refractivity contribution < 1.29 is 9.90 Å². The van der Waals surface area contributed by atoms with Crippen LogP contribution >= 0.6 is 0 Å². The maximum atomic E-state index is 12.3. The fourth-order valence-electron chi connectivity index (χ4n) is 3.77. The highest BCUT2D eigenvalue weighted by molar-refractivity contribution is 5.84. The number of carbonyl (C=O) groups excluding carboxylic acids is 1. The molecule has 0 unspecified atom stereocenters. The lowest BCUT2D eigenvalue weighted by Crippen LogP contribution is -2.16. The zero-order valence-electron chi connectivity index (χ0n) is 16.1. The molecule has 0 aliphatic heterocycles. The van der Waals surface area contributed by atoms with E-state index in [0.29, 0.717) is 18.6 Å². The zero-order chi connectivity index (χ0) is 19.6. The third-order valence-electron chi connectivity index (χ3n) is 5.33. The SMILES string of the molecule is O=C1CC[C@@H](C(O)=CCCc2ccccc2)[C@H]1C/C=C\CCCc1nn[nH]n1. The molecular formula is C22H28N4O2. The van der Waals surface area contributed by atoms with Crippen LogP contribution in [0.5, 0.6) is 0 Å². The summed E-state index contributed by atoms with van der Waals surface area (Å²) < 4.78 is 0. The summed E-state index contributed by atoms with van der Waals surface area (Å²) in [4.78, 5) is 12.3. The number of carbonyl (C=O) groups is 1. The van der Waals surface area contributed by atoms with E-state index < -0.39 is 0 Å². The van der Waals surface area contributed by atoms with Crippen LogP contribution in [0.3, 0.4) is 0 Å². The lowest BCUT2D eigenvalue weighted by molar-refractivity contribution is -0.121. The average molecular weight is 380 g/mol. The minimum atomic E-state index is -0.0959. The van der Waals surface area contributed by atoms with Gasteiger partial charge in [0.15, 0.2) is 5.82 Å². The number of aryl methyl sites for hydroxylation is 2. The van der Waals surface area contributed by atoms with Gasteiger partial charge in [0.05, 0.1) is 5.76 Å². The van der Waals surface area contributed by atoms with Gasteiger partial charge in [-0.2, -0.15) is 5.21 Å². The van der Waals surface area contributed by atoms with E-state index in [1.54, 1.807) is 0 Å². The van der Waals surface area contributed by atoms with Crippen molar-refractivity contribution in [3.05, 3.63) is 65.7 Å². The number of aliphatic hydroxyl groups is 1. The van der Waals surface area contributed by atoms with E-state index in [0.717, 1.165) is 44.3 Å². The molecule has 1 saturated carbocycles. The summed E-state index contributed by atoms with van der Waals surface area (Å²) in [5, 5.41) is 24.4. The number of nitrogens with zero attached hydrogens (tertiary/aromatic N) is 3. The van der Waals surface area contributed by atoms with E-state index in [9.17, 15) is 9.90 Å². The number of nitrogens with one attached hydrogen (secondary N) is 1. The molecule has 0 amide bonds. The van der Waals surface area contributed by atoms with Gasteiger partial charge >= 0.3 is 0 Å². The summed E-state index contributed by atoms with van der Waals surface area (Å²) in [5.41, 5.74) is 1.26. The topological polar surface area (TPSA) is 91.8 Å². The van der Waals surface area contributed by atoms with Gasteiger partial charge in [0.25, 0.3) is 0 Å². The molecule has 0 bridgehead atoms. The molecule has 0 radical (unpaired) electrons. The number of benzene rings is 1. The van der Waals surface area contributed by atoms with Crippen LogP contribution in [0.15, 0.2) is 54.3 Å². The summed E-state index contributed by atoms with van der Waals surface area (Å²) in [5.74, 6) is 1.25. The number of Topliss-reactive ketones (excluding diaryl/α,β-unsaturated/α-hetero) is 1. The number of ketones is 1. The molecule has 6 nitrogen and oxygen atoms in total. The summed E-state index contributed by atoms with van der Waals surface area (Å²) in [6.07, 6.45) is 12.4. The van der Waals surface area contributed by atoms with E-state index in [1.165, 1.54) is 5.56 Å². The molecule has 0 spiro atoms. The van der Waals surface area contributed by atoms with Crippen LogP contribution in [0.2, 0.25) is 0 Å². The zero-order valence-corrected chi connectivity index (χ0v) is 16.1. The van der Waals surface area contributed by atoms with E-state index in [4.69, 9.17) is 0 Å². The molecule has 2 N–H and O–H groups in total. The normalized spacial score (nSPS) is 20.3. The third kappa shape index (κ3) is 5.87. The second kappa shape index (κ2) is 10.5. The molecule has 28 heavy (non-hydrogen) atoms. The number of hydrogen-bond donors (Lipinski definition) is 2. The maximum Gasteiger partial charge on any atom is 0.174 e. The molecule has 6 heteroatoms. The summed E-state index contributed by atoms with van der Waals surface area (Å²) in [6, 6.07) is 10.2. The van der Waals surface area contributed by atoms with E-state index in [1.807, 2.05) is 24.3 Å². The lowest BCUT2D eigenvalue weighted by Gasteiger charge is -2.16. The molecule has 2 atom stereocenters. The number of H-pyrrole nitrogens is 1. The minimum Gasteiger partial charge on any atom is -0.512 e. The number of aromatic nitrogens is 4. The number of unbranched alkanes of at least 4 members (excludes halogenated alkanes) is 1. The van der Waals surface area contributed by atoms with Crippen LogP contribution in [-0.4, -0.2) is 31.5 Å². The molecule has 1 heterocycles. The Hall–Kier alpha value is -2.76. The number of allylic oxidation sites excluding steroid dienone is 4. The molecule has 1 aromatic carbocycles. The van der Waals surface area contributed by atoms with Crippen LogP contribution in [0.25, 0.3) is 0 Å². The highest BCUT2D eigenvalue weighted by Gasteiger charge is 2.35.